The molecule has 0 bridgehead atoms. The van der Waals surface area contributed by atoms with Gasteiger partial charge in [0.05, 0.1) is 11.5 Å². The first-order chi connectivity index (χ1) is 14.5. The van der Waals surface area contributed by atoms with Crippen molar-refractivity contribution >= 4 is 11.6 Å². The lowest BCUT2D eigenvalue weighted by atomic mass is 10.1. The van der Waals surface area contributed by atoms with Crippen molar-refractivity contribution in [2.24, 2.45) is 0 Å². The number of nitrogens with zero attached hydrogens (tertiary/aromatic N) is 4. The Balaban J connectivity index is 1.48. The summed E-state index contributed by atoms with van der Waals surface area (Å²) in [6.07, 6.45) is 6.19. The van der Waals surface area contributed by atoms with E-state index < -0.39 is 4.92 Å². The van der Waals surface area contributed by atoms with Crippen LogP contribution in [0.3, 0.4) is 0 Å². The molecule has 0 atom stereocenters. The summed E-state index contributed by atoms with van der Waals surface area (Å²) in [5.74, 6) is -0.0702. The van der Waals surface area contributed by atoms with Crippen molar-refractivity contribution in [3.05, 3.63) is 56.9 Å². The van der Waals surface area contributed by atoms with Crippen molar-refractivity contribution in [2.75, 3.05) is 26.2 Å². The average Bonchev–Trinajstić information content (AvgIpc) is 2.89. The molecule has 2 heterocycles. The maximum absolute atomic E-state index is 12.4. The molecule has 1 aromatic carbocycles. The topological polar surface area (TPSA) is 93.3 Å². The Hall–Kier alpha value is -2.74. The van der Waals surface area contributed by atoms with Crippen molar-refractivity contribution in [1.29, 1.82) is 0 Å². The highest BCUT2D eigenvalue weighted by Gasteiger charge is 2.21. The zero-order valence-electron chi connectivity index (χ0n) is 17.9. The Morgan fingerprint density at radius 3 is 2.40 bits per heavy atom. The van der Waals surface area contributed by atoms with Gasteiger partial charge >= 0.3 is 5.69 Å². The number of carbonyl (C=O) groups is 1. The highest BCUT2D eigenvalue weighted by molar-refractivity contribution is 5.94. The third-order valence-corrected chi connectivity index (χ3v) is 5.71. The van der Waals surface area contributed by atoms with E-state index in [2.05, 4.69) is 15.3 Å². The predicted octanol–water partition coefficient (Wildman–Crippen LogP) is 3.45. The number of hydrogen-bond acceptors (Lipinski definition) is 5. The summed E-state index contributed by atoms with van der Waals surface area (Å²) in [7, 11) is 0. The monoisotopic (exact) mass is 413 g/mol. The van der Waals surface area contributed by atoms with Gasteiger partial charge in [-0.1, -0.05) is 25.0 Å². The quantitative estimate of drug-likeness (QED) is 0.406. The first-order valence-electron chi connectivity index (χ1n) is 10.7. The normalized spacial score (nSPS) is 15.0. The van der Waals surface area contributed by atoms with E-state index in [0.29, 0.717) is 30.0 Å². The van der Waals surface area contributed by atoms with Gasteiger partial charge in [0.15, 0.2) is 0 Å². The van der Waals surface area contributed by atoms with Gasteiger partial charge in [-0.15, -0.1) is 0 Å². The third-order valence-electron chi connectivity index (χ3n) is 5.71. The number of aryl methyl sites for hydroxylation is 1. The van der Waals surface area contributed by atoms with Crippen LogP contribution in [0.25, 0.3) is 0 Å². The second-order valence-corrected chi connectivity index (χ2v) is 8.00. The smallest absolute Gasteiger partial charge is 0.312 e. The van der Waals surface area contributed by atoms with Crippen LogP contribution < -0.4 is 5.32 Å². The molecule has 3 rings (SSSR count). The van der Waals surface area contributed by atoms with E-state index in [4.69, 9.17) is 0 Å². The number of rotatable bonds is 8. The van der Waals surface area contributed by atoms with E-state index in [0.717, 1.165) is 18.5 Å². The molecule has 0 spiro atoms. The molecule has 0 radical (unpaired) electrons. The standard InChI is InChI=1S/C22H31N5O3/c1-17-21(27(29)30)18(2)26(24-17)16-19-8-10-20(11-9-19)22(28)23-12-7-15-25-13-5-3-4-6-14-25/h8-11H,3-7,12-16H2,1-2H3,(H,23,28). The van der Waals surface area contributed by atoms with Crippen LogP contribution in [0.5, 0.6) is 0 Å². The number of nitro groups is 1. The lowest BCUT2D eigenvalue weighted by Gasteiger charge is -2.19. The number of likely N-dealkylation sites (tertiary alicyclic amines) is 1. The van der Waals surface area contributed by atoms with E-state index in [1.165, 1.54) is 38.8 Å². The number of aromatic nitrogens is 2. The van der Waals surface area contributed by atoms with Crippen LogP contribution in [0.2, 0.25) is 0 Å². The van der Waals surface area contributed by atoms with Gasteiger partial charge in [0, 0.05) is 12.1 Å². The molecule has 1 aromatic heterocycles. The zero-order chi connectivity index (χ0) is 21.5. The van der Waals surface area contributed by atoms with Crippen LogP contribution in [0.15, 0.2) is 24.3 Å². The van der Waals surface area contributed by atoms with Crippen molar-refractivity contribution in [1.82, 2.24) is 20.0 Å². The number of benzene rings is 1. The van der Waals surface area contributed by atoms with Crippen molar-refractivity contribution in [3.63, 3.8) is 0 Å². The Kier molecular flexibility index (Phi) is 7.57. The second kappa shape index (κ2) is 10.3. The molecule has 162 valence electrons. The Morgan fingerprint density at radius 2 is 1.80 bits per heavy atom. The van der Waals surface area contributed by atoms with Crippen molar-refractivity contribution in [3.8, 4) is 0 Å². The molecule has 8 heteroatoms. The van der Waals surface area contributed by atoms with Gasteiger partial charge in [-0.2, -0.15) is 5.10 Å². The van der Waals surface area contributed by atoms with Crippen LogP contribution in [-0.4, -0.2) is 51.7 Å². The molecular weight excluding hydrogens is 382 g/mol. The van der Waals surface area contributed by atoms with E-state index in [1.54, 1.807) is 30.7 Å². The molecule has 1 aliphatic heterocycles. The Bertz CT molecular complexity index is 868. The predicted molar refractivity (Wildman–Crippen MR) is 116 cm³/mol. The molecular formula is C22H31N5O3. The molecule has 30 heavy (non-hydrogen) atoms. The minimum atomic E-state index is -0.394. The summed E-state index contributed by atoms with van der Waals surface area (Å²) in [4.78, 5) is 25.6. The maximum Gasteiger partial charge on any atom is 0.312 e. The number of amides is 1. The summed E-state index contributed by atoms with van der Waals surface area (Å²) < 4.78 is 1.63. The number of hydrogen-bond donors (Lipinski definition) is 1. The lowest BCUT2D eigenvalue weighted by molar-refractivity contribution is -0.386. The summed E-state index contributed by atoms with van der Waals surface area (Å²) in [6, 6.07) is 7.32. The highest BCUT2D eigenvalue weighted by atomic mass is 16.6. The highest BCUT2D eigenvalue weighted by Crippen LogP contribution is 2.22. The van der Waals surface area contributed by atoms with Gasteiger partial charge in [0.2, 0.25) is 0 Å². The molecule has 1 aliphatic rings. The Morgan fingerprint density at radius 1 is 1.13 bits per heavy atom. The zero-order valence-corrected chi connectivity index (χ0v) is 17.9. The van der Waals surface area contributed by atoms with Crippen LogP contribution in [0.4, 0.5) is 5.69 Å². The van der Waals surface area contributed by atoms with Crippen molar-refractivity contribution < 1.29 is 9.72 Å². The molecule has 8 nitrogen and oxygen atoms in total. The van der Waals surface area contributed by atoms with Gasteiger partial charge in [-0.25, -0.2) is 0 Å². The van der Waals surface area contributed by atoms with Crippen LogP contribution in [-0.2, 0) is 6.54 Å². The molecule has 1 fully saturated rings. The molecule has 0 aliphatic carbocycles. The van der Waals surface area contributed by atoms with Gasteiger partial charge in [-0.3, -0.25) is 19.6 Å². The minimum absolute atomic E-state index is 0.0613. The fourth-order valence-electron chi connectivity index (χ4n) is 4.01. The molecule has 1 N–H and O–H groups in total. The largest absolute Gasteiger partial charge is 0.352 e. The molecule has 1 saturated heterocycles. The van der Waals surface area contributed by atoms with E-state index in [1.807, 2.05) is 12.1 Å². The van der Waals surface area contributed by atoms with E-state index >= 15 is 0 Å². The van der Waals surface area contributed by atoms with Crippen LogP contribution in [0.1, 0.15) is 59.4 Å². The third kappa shape index (κ3) is 5.66. The summed E-state index contributed by atoms with van der Waals surface area (Å²) in [6.45, 7) is 7.83. The molecule has 0 unspecified atom stereocenters. The van der Waals surface area contributed by atoms with Crippen molar-refractivity contribution in [2.45, 2.75) is 52.5 Å². The van der Waals surface area contributed by atoms with Crippen LogP contribution >= 0.6 is 0 Å². The van der Waals surface area contributed by atoms with Crippen LogP contribution in [0, 0.1) is 24.0 Å². The van der Waals surface area contributed by atoms with Gasteiger partial charge in [0.25, 0.3) is 5.91 Å². The first kappa shape index (κ1) is 22.0. The summed E-state index contributed by atoms with van der Waals surface area (Å²) in [5.41, 5.74) is 2.56. The Labute approximate surface area is 177 Å². The maximum atomic E-state index is 12.4. The fourth-order valence-corrected chi connectivity index (χ4v) is 4.01. The van der Waals surface area contributed by atoms with E-state index in [9.17, 15) is 14.9 Å². The molecule has 1 amide bonds. The SMILES string of the molecule is Cc1nn(Cc2ccc(C(=O)NCCCN3CCCCCC3)cc2)c(C)c1[N+](=O)[O-]. The van der Waals surface area contributed by atoms with Gasteiger partial charge < -0.3 is 10.2 Å². The van der Waals surface area contributed by atoms with E-state index in [-0.39, 0.29) is 11.6 Å². The average molecular weight is 414 g/mol. The first-order valence-corrected chi connectivity index (χ1v) is 10.7. The number of nitrogens with one attached hydrogen (secondary N) is 1. The number of carbonyl (C=O) groups excluding carboxylic acids is 1. The fraction of sp³-hybridized carbons (Fsp3) is 0.545. The van der Waals surface area contributed by atoms with Gasteiger partial charge in [0.1, 0.15) is 11.4 Å². The van der Waals surface area contributed by atoms with Gasteiger partial charge in [-0.05, 0) is 70.4 Å². The molecule has 0 saturated carbocycles. The second-order valence-electron chi connectivity index (χ2n) is 8.00. The minimum Gasteiger partial charge on any atom is -0.352 e. The summed E-state index contributed by atoms with van der Waals surface area (Å²) >= 11 is 0. The lowest BCUT2D eigenvalue weighted by Crippen LogP contribution is -2.30. The molecule has 2 aromatic rings. The summed E-state index contributed by atoms with van der Waals surface area (Å²) in [5, 5.41) is 18.4.